The van der Waals surface area contributed by atoms with E-state index in [2.05, 4.69) is 10.3 Å². The molecule has 1 aromatic heterocycles. The number of pyridine rings is 1. The molecule has 2 aromatic rings. The molecule has 2 amide bonds. The number of urea groups is 1. The Kier molecular flexibility index (Phi) is 5.07. The maximum Gasteiger partial charge on any atom is 0.318 e. The predicted molar refractivity (Wildman–Crippen MR) is 97.7 cm³/mol. The average molecular weight is 340 g/mol. The Morgan fingerprint density at radius 2 is 2.12 bits per heavy atom. The zero-order chi connectivity index (χ0) is 17.8. The summed E-state index contributed by atoms with van der Waals surface area (Å²) < 4.78 is 5.82. The van der Waals surface area contributed by atoms with E-state index in [0.29, 0.717) is 19.7 Å². The van der Waals surface area contributed by atoms with Gasteiger partial charge in [0, 0.05) is 38.0 Å². The lowest BCUT2D eigenvalue weighted by Gasteiger charge is -2.27. The molecule has 1 aromatic carbocycles. The summed E-state index contributed by atoms with van der Waals surface area (Å²) in [5, 5.41) is 3.02. The van der Waals surface area contributed by atoms with Crippen LogP contribution in [-0.4, -0.2) is 42.7 Å². The number of nitrogens with one attached hydrogen (secondary N) is 1. The summed E-state index contributed by atoms with van der Waals surface area (Å²) in [6.45, 7) is 3.46. The van der Waals surface area contributed by atoms with Crippen molar-refractivity contribution in [1.29, 1.82) is 0 Å². The van der Waals surface area contributed by atoms with Gasteiger partial charge in [-0.15, -0.1) is 0 Å². The van der Waals surface area contributed by atoms with Crippen LogP contribution in [0.25, 0.3) is 0 Å². The van der Waals surface area contributed by atoms with E-state index in [4.69, 9.17) is 4.74 Å². The van der Waals surface area contributed by atoms with E-state index < -0.39 is 0 Å². The fourth-order valence-corrected chi connectivity index (χ4v) is 2.93. The van der Waals surface area contributed by atoms with Crippen molar-refractivity contribution in [3.05, 3.63) is 53.7 Å². The monoisotopic (exact) mass is 340 g/mol. The van der Waals surface area contributed by atoms with Crippen molar-refractivity contribution in [3.63, 3.8) is 0 Å². The number of fused-ring (bicyclic) bond motifs is 1. The number of hydrogen-bond donors (Lipinski definition) is 1. The fourth-order valence-electron chi connectivity index (χ4n) is 2.93. The summed E-state index contributed by atoms with van der Waals surface area (Å²) in [6.07, 6.45) is 1.76. The summed E-state index contributed by atoms with van der Waals surface area (Å²) in [7, 11) is 3.89. The first-order valence-corrected chi connectivity index (χ1v) is 8.42. The van der Waals surface area contributed by atoms with E-state index in [1.807, 2.05) is 67.2 Å². The summed E-state index contributed by atoms with van der Waals surface area (Å²) >= 11 is 0. The molecule has 0 fully saturated rings. The molecule has 1 N–H and O–H groups in total. The minimum Gasteiger partial charge on any atom is -0.491 e. The molecule has 25 heavy (non-hydrogen) atoms. The van der Waals surface area contributed by atoms with Gasteiger partial charge in [-0.3, -0.25) is 0 Å². The van der Waals surface area contributed by atoms with Crippen molar-refractivity contribution in [2.24, 2.45) is 0 Å². The average Bonchev–Trinajstić information content (AvgIpc) is 2.79. The number of carbonyl (C=O) groups excluding carboxylic acids is 1. The first-order valence-electron chi connectivity index (χ1n) is 8.42. The molecule has 0 saturated heterocycles. The van der Waals surface area contributed by atoms with Crippen molar-refractivity contribution in [3.8, 4) is 5.75 Å². The lowest BCUT2D eigenvalue weighted by atomic mass is 10.2. The van der Waals surface area contributed by atoms with Crippen LogP contribution in [0.1, 0.15) is 18.1 Å². The Balaban J connectivity index is 1.71. The van der Waals surface area contributed by atoms with E-state index in [9.17, 15) is 4.79 Å². The van der Waals surface area contributed by atoms with E-state index >= 15 is 0 Å². The minimum atomic E-state index is -0.0960. The Bertz CT molecular complexity index is 748. The summed E-state index contributed by atoms with van der Waals surface area (Å²) in [6, 6.07) is 11.6. The number of benzene rings is 1. The van der Waals surface area contributed by atoms with E-state index in [1.54, 1.807) is 6.20 Å². The normalized spacial score (nSPS) is 16.4. The van der Waals surface area contributed by atoms with Crippen molar-refractivity contribution < 1.29 is 9.53 Å². The second-order valence-corrected chi connectivity index (χ2v) is 6.43. The molecule has 1 aliphatic heterocycles. The zero-order valence-electron chi connectivity index (χ0n) is 14.9. The predicted octanol–water partition coefficient (Wildman–Crippen LogP) is 2.64. The third-order valence-electron chi connectivity index (χ3n) is 4.31. The van der Waals surface area contributed by atoms with Crippen LogP contribution in [0.15, 0.2) is 42.6 Å². The van der Waals surface area contributed by atoms with Crippen LogP contribution in [-0.2, 0) is 13.1 Å². The highest BCUT2D eigenvalue weighted by atomic mass is 16.5. The molecule has 6 heteroatoms. The van der Waals surface area contributed by atoms with Gasteiger partial charge < -0.3 is 19.9 Å². The SMILES string of the molecule is CC1COc2ccccc2CN1C(=O)NCc1cccnc1N(C)C. The molecule has 2 heterocycles. The molecular formula is C19H24N4O2. The second-order valence-electron chi connectivity index (χ2n) is 6.43. The molecule has 0 radical (unpaired) electrons. The van der Waals surface area contributed by atoms with Crippen LogP contribution in [0.2, 0.25) is 0 Å². The number of para-hydroxylation sites is 1. The molecule has 132 valence electrons. The highest BCUT2D eigenvalue weighted by Gasteiger charge is 2.25. The molecule has 6 nitrogen and oxygen atoms in total. The molecule has 3 rings (SSSR count). The Morgan fingerprint density at radius 3 is 2.92 bits per heavy atom. The van der Waals surface area contributed by atoms with Crippen molar-refractivity contribution >= 4 is 11.8 Å². The number of carbonyl (C=O) groups is 1. The first-order chi connectivity index (χ1) is 12.1. The summed E-state index contributed by atoms with van der Waals surface area (Å²) in [5.74, 6) is 1.71. The molecule has 0 bridgehead atoms. The third kappa shape index (κ3) is 3.84. The Morgan fingerprint density at radius 1 is 1.32 bits per heavy atom. The highest BCUT2D eigenvalue weighted by Crippen LogP contribution is 2.24. The maximum absolute atomic E-state index is 12.8. The molecule has 0 spiro atoms. The molecule has 1 atom stereocenters. The molecule has 0 saturated carbocycles. The molecule has 0 aliphatic carbocycles. The number of anilines is 1. The number of rotatable bonds is 3. The standard InChI is InChI=1S/C19H24N4O2/c1-14-13-25-17-9-5-4-7-16(17)12-23(14)19(24)21-11-15-8-6-10-20-18(15)22(2)3/h4-10,14H,11-13H2,1-3H3,(H,21,24). The number of aromatic nitrogens is 1. The summed E-state index contributed by atoms with van der Waals surface area (Å²) in [4.78, 5) is 20.9. The van der Waals surface area contributed by atoms with Crippen LogP contribution in [0, 0.1) is 0 Å². The smallest absolute Gasteiger partial charge is 0.318 e. The quantitative estimate of drug-likeness (QED) is 0.933. The minimum absolute atomic E-state index is 0.00498. The molecular weight excluding hydrogens is 316 g/mol. The van der Waals surface area contributed by atoms with Gasteiger partial charge in [0.05, 0.1) is 12.6 Å². The lowest BCUT2D eigenvalue weighted by molar-refractivity contribution is 0.156. The van der Waals surface area contributed by atoms with Gasteiger partial charge in [-0.05, 0) is 19.1 Å². The topological polar surface area (TPSA) is 57.7 Å². The van der Waals surface area contributed by atoms with Gasteiger partial charge in [0.25, 0.3) is 0 Å². The Hall–Kier alpha value is -2.76. The van der Waals surface area contributed by atoms with Crippen LogP contribution >= 0.6 is 0 Å². The van der Waals surface area contributed by atoms with Crippen molar-refractivity contribution in [2.75, 3.05) is 25.6 Å². The second kappa shape index (κ2) is 7.42. The Labute approximate surface area is 148 Å². The van der Waals surface area contributed by atoms with E-state index in [0.717, 1.165) is 22.7 Å². The fraction of sp³-hybridized carbons (Fsp3) is 0.368. The van der Waals surface area contributed by atoms with Crippen LogP contribution in [0.4, 0.5) is 10.6 Å². The zero-order valence-corrected chi connectivity index (χ0v) is 14.9. The van der Waals surface area contributed by atoms with Crippen LogP contribution in [0.5, 0.6) is 5.75 Å². The maximum atomic E-state index is 12.8. The highest BCUT2D eigenvalue weighted by molar-refractivity contribution is 5.75. The largest absolute Gasteiger partial charge is 0.491 e. The van der Waals surface area contributed by atoms with E-state index in [1.165, 1.54) is 0 Å². The number of amides is 2. The number of ether oxygens (including phenoxy) is 1. The van der Waals surface area contributed by atoms with Gasteiger partial charge in [-0.1, -0.05) is 24.3 Å². The van der Waals surface area contributed by atoms with Crippen LogP contribution < -0.4 is 15.0 Å². The van der Waals surface area contributed by atoms with Crippen LogP contribution in [0.3, 0.4) is 0 Å². The molecule has 1 unspecified atom stereocenters. The van der Waals surface area contributed by atoms with Gasteiger partial charge in [0.2, 0.25) is 0 Å². The van der Waals surface area contributed by atoms with Gasteiger partial charge in [-0.25, -0.2) is 9.78 Å². The number of hydrogen-bond acceptors (Lipinski definition) is 4. The summed E-state index contributed by atoms with van der Waals surface area (Å²) in [5.41, 5.74) is 2.01. The first kappa shape index (κ1) is 17.1. The van der Waals surface area contributed by atoms with Gasteiger partial charge >= 0.3 is 6.03 Å². The van der Waals surface area contributed by atoms with Gasteiger partial charge in [0.1, 0.15) is 18.2 Å². The van der Waals surface area contributed by atoms with Gasteiger partial charge in [-0.2, -0.15) is 0 Å². The lowest BCUT2D eigenvalue weighted by Crippen LogP contribution is -2.45. The third-order valence-corrected chi connectivity index (χ3v) is 4.31. The number of nitrogens with zero attached hydrogens (tertiary/aromatic N) is 3. The molecule has 1 aliphatic rings. The van der Waals surface area contributed by atoms with Crippen molar-refractivity contribution in [1.82, 2.24) is 15.2 Å². The van der Waals surface area contributed by atoms with Crippen molar-refractivity contribution in [2.45, 2.75) is 26.1 Å². The van der Waals surface area contributed by atoms with E-state index in [-0.39, 0.29) is 12.1 Å². The van der Waals surface area contributed by atoms with Gasteiger partial charge in [0.15, 0.2) is 0 Å².